The Hall–Kier alpha value is -1.30. The van der Waals surface area contributed by atoms with Crippen LogP contribution in [0.15, 0.2) is 4.99 Å². The van der Waals surface area contributed by atoms with Gasteiger partial charge in [0.1, 0.15) is 0 Å². The molecule has 1 amide bonds. The van der Waals surface area contributed by atoms with Crippen LogP contribution in [0.5, 0.6) is 0 Å². The summed E-state index contributed by atoms with van der Waals surface area (Å²) < 4.78 is 0. The average molecular weight is 326 g/mol. The molecule has 0 aromatic rings. The average Bonchev–Trinajstić information content (AvgIpc) is 2.95. The molecule has 0 heterocycles. The molecule has 6 nitrogen and oxygen atoms in total. The Labute approximate surface area is 141 Å². The van der Waals surface area contributed by atoms with Crippen molar-refractivity contribution in [1.29, 1.82) is 0 Å². The lowest BCUT2D eigenvalue weighted by atomic mass is 10.1. The highest BCUT2D eigenvalue weighted by molar-refractivity contribution is 5.86. The molecule has 0 spiro atoms. The first-order valence-electron chi connectivity index (χ1n) is 8.66. The summed E-state index contributed by atoms with van der Waals surface area (Å²) in [6.07, 6.45) is 5.35. The molecule has 0 aliphatic heterocycles. The van der Waals surface area contributed by atoms with E-state index in [0.29, 0.717) is 6.54 Å². The third-order valence-corrected chi connectivity index (χ3v) is 4.16. The van der Waals surface area contributed by atoms with Crippen LogP contribution in [0.1, 0.15) is 46.5 Å². The van der Waals surface area contributed by atoms with Gasteiger partial charge in [-0.2, -0.15) is 0 Å². The zero-order valence-corrected chi connectivity index (χ0v) is 15.8. The standard InChI is InChI=1S/C17H35N5O/c1-17(2,3)20-15(23)13-22(6)16(18-4)19-11-12-21(5)14-9-7-8-10-14/h14H,7-13H2,1-6H3,(H,18,19)(H,20,23). The number of rotatable bonds is 6. The Balaban J connectivity index is 2.33. The van der Waals surface area contributed by atoms with Crippen LogP contribution in [0.2, 0.25) is 0 Å². The summed E-state index contributed by atoms with van der Waals surface area (Å²) >= 11 is 0. The quantitative estimate of drug-likeness (QED) is 0.570. The van der Waals surface area contributed by atoms with Gasteiger partial charge in [0.15, 0.2) is 5.96 Å². The highest BCUT2D eigenvalue weighted by Gasteiger charge is 2.19. The molecule has 1 aliphatic rings. The van der Waals surface area contributed by atoms with E-state index in [1.165, 1.54) is 25.7 Å². The van der Waals surface area contributed by atoms with Crippen molar-refractivity contribution < 1.29 is 4.79 Å². The molecule has 0 unspecified atom stereocenters. The summed E-state index contributed by atoms with van der Waals surface area (Å²) in [4.78, 5) is 20.6. The van der Waals surface area contributed by atoms with E-state index in [1.54, 1.807) is 7.05 Å². The predicted octanol–water partition coefficient (Wildman–Crippen LogP) is 1.28. The number of nitrogens with one attached hydrogen (secondary N) is 2. The second kappa shape index (κ2) is 9.11. The maximum Gasteiger partial charge on any atom is 0.240 e. The highest BCUT2D eigenvalue weighted by atomic mass is 16.2. The van der Waals surface area contributed by atoms with Crippen molar-refractivity contribution in [2.75, 3.05) is 40.8 Å². The van der Waals surface area contributed by atoms with Gasteiger partial charge in [-0.05, 0) is 40.7 Å². The van der Waals surface area contributed by atoms with Crippen molar-refractivity contribution in [2.24, 2.45) is 4.99 Å². The Morgan fingerprint density at radius 3 is 2.35 bits per heavy atom. The van der Waals surface area contributed by atoms with E-state index in [0.717, 1.165) is 25.1 Å². The fourth-order valence-electron chi connectivity index (χ4n) is 3.00. The van der Waals surface area contributed by atoms with Crippen molar-refractivity contribution in [2.45, 2.75) is 58.0 Å². The van der Waals surface area contributed by atoms with E-state index in [4.69, 9.17) is 0 Å². The maximum absolute atomic E-state index is 12.0. The van der Waals surface area contributed by atoms with Gasteiger partial charge in [-0.25, -0.2) is 0 Å². The monoisotopic (exact) mass is 325 g/mol. The molecular formula is C17H35N5O. The van der Waals surface area contributed by atoms with Gasteiger partial charge < -0.3 is 20.4 Å². The minimum atomic E-state index is -0.209. The number of guanidine groups is 1. The first kappa shape index (κ1) is 19.7. The van der Waals surface area contributed by atoms with Crippen LogP contribution in [-0.2, 0) is 4.79 Å². The lowest BCUT2D eigenvalue weighted by Crippen LogP contribution is -2.49. The zero-order valence-electron chi connectivity index (χ0n) is 15.8. The molecule has 6 heteroatoms. The topological polar surface area (TPSA) is 60.0 Å². The van der Waals surface area contributed by atoms with Crippen LogP contribution in [-0.4, -0.2) is 74.0 Å². The molecule has 1 aliphatic carbocycles. The molecule has 0 bridgehead atoms. The third kappa shape index (κ3) is 7.68. The number of amides is 1. The Kier molecular flexibility index (Phi) is 7.82. The van der Waals surface area contributed by atoms with E-state index in [1.807, 2.05) is 32.7 Å². The molecule has 1 saturated carbocycles. The van der Waals surface area contributed by atoms with Crippen molar-refractivity contribution in [1.82, 2.24) is 20.4 Å². The smallest absolute Gasteiger partial charge is 0.240 e. The molecule has 1 rings (SSSR count). The summed E-state index contributed by atoms with van der Waals surface area (Å²) in [5.41, 5.74) is -0.209. The number of carbonyl (C=O) groups is 1. The molecule has 0 aromatic carbocycles. The highest BCUT2D eigenvalue weighted by Crippen LogP contribution is 2.21. The van der Waals surface area contributed by atoms with E-state index < -0.39 is 0 Å². The normalized spacial score (nSPS) is 16.7. The van der Waals surface area contributed by atoms with Crippen molar-refractivity contribution in [3.8, 4) is 0 Å². The second-order valence-electron chi connectivity index (χ2n) is 7.55. The largest absolute Gasteiger partial charge is 0.355 e. The van der Waals surface area contributed by atoms with E-state index in [9.17, 15) is 4.79 Å². The minimum Gasteiger partial charge on any atom is -0.355 e. The Bertz CT molecular complexity index is 396. The number of hydrogen-bond acceptors (Lipinski definition) is 3. The number of hydrogen-bond donors (Lipinski definition) is 2. The molecule has 23 heavy (non-hydrogen) atoms. The van der Waals surface area contributed by atoms with E-state index in [2.05, 4.69) is 27.6 Å². The van der Waals surface area contributed by atoms with Gasteiger partial charge >= 0.3 is 0 Å². The Morgan fingerprint density at radius 2 is 1.83 bits per heavy atom. The zero-order chi connectivity index (χ0) is 17.5. The first-order chi connectivity index (χ1) is 10.7. The summed E-state index contributed by atoms with van der Waals surface area (Å²) in [7, 11) is 5.83. The number of carbonyl (C=O) groups excluding carboxylic acids is 1. The van der Waals surface area contributed by atoms with Crippen LogP contribution in [0, 0.1) is 0 Å². The van der Waals surface area contributed by atoms with E-state index in [-0.39, 0.29) is 11.4 Å². The fourth-order valence-corrected chi connectivity index (χ4v) is 3.00. The van der Waals surface area contributed by atoms with Gasteiger partial charge in [0.25, 0.3) is 0 Å². The summed E-state index contributed by atoms with van der Waals surface area (Å²) in [6, 6.07) is 0.731. The molecule has 0 atom stereocenters. The Morgan fingerprint density at radius 1 is 1.22 bits per heavy atom. The van der Waals surface area contributed by atoms with Crippen LogP contribution >= 0.6 is 0 Å². The predicted molar refractivity (Wildman–Crippen MR) is 96.8 cm³/mol. The van der Waals surface area contributed by atoms with Crippen LogP contribution in [0.25, 0.3) is 0 Å². The molecule has 0 saturated heterocycles. The summed E-state index contributed by atoms with van der Waals surface area (Å²) in [5.74, 6) is 0.764. The molecule has 134 valence electrons. The van der Waals surface area contributed by atoms with Crippen molar-refractivity contribution >= 4 is 11.9 Å². The molecule has 2 N–H and O–H groups in total. The minimum absolute atomic E-state index is 0.00558. The number of aliphatic imine (C=N–C) groups is 1. The van der Waals surface area contributed by atoms with Gasteiger partial charge in [-0.3, -0.25) is 9.79 Å². The second-order valence-corrected chi connectivity index (χ2v) is 7.55. The van der Waals surface area contributed by atoms with Gasteiger partial charge in [-0.1, -0.05) is 12.8 Å². The molecular weight excluding hydrogens is 290 g/mol. The lowest BCUT2D eigenvalue weighted by Gasteiger charge is -2.27. The van der Waals surface area contributed by atoms with Gasteiger partial charge in [0.2, 0.25) is 5.91 Å². The number of likely N-dealkylation sites (N-methyl/N-ethyl adjacent to an activating group) is 2. The SMILES string of the molecule is CN=C(NCCN(C)C1CCCC1)N(C)CC(=O)NC(C)(C)C. The van der Waals surface area contributed by atoms with Crippen LogP contribution in [0.4, 0.5) is 0 Å². The maximum atomic E-state index is 12.0. The number of nitrogens with zero attached hydrogens (tertiary/aromatic N) is 3. The molecule has 0 aromatic heterocycles. The molecule has 1 fully saturated rings. The van der Waals surface area contributed by atoms with E-state index >= 15 is 0 Å². The lowest BCUT2D eigenvalue weighted by molar-refractivity contribution is -0.122. The van der Waals surface area contributed by atoms with Gasteiger partial charge in [0, 0.05) is 38.8 Å². The van der Waals surface area contributed by atoms with Crippen molar-refractivity contribution in [3.05, 3.63) is 0 Å². The summed E-state index contributed by atoms with van der Waals surface area (Å²) in [6.45, 7) is 8.08. The van der Waals surface area contributed by atoms with Crippen LogP contribution < -0.4 is 10.6 Å². The molecule has 0 radical (unpaired) electrons. The van der Waals surface area contributed by atoms with Crippen LogP contribution in [0.3, 0.4) is 0 Å². The summed E-state index contributed by atoms with van der Waals surface area (Å²) in [5, 5.41) is 6.31. The van der Waals surface area contributed by atoms with Gasteiger partial charge in [-0.15, -0.1) is 0 Å². The van der Waals surface area contributed by atoms with Crippen molar-refractivity contribution in [3.63, 3.8) is 0 Å². The fraction of sp³-hybridized carbons (Fsp3) is 0.882. The third-order valence-electron chi connectivity index (χ3n) is 4.16. The van der Waals surface area contributed by atoms with Gasteiger partial charge in [0.05, 0.1) is 6.54 Å². The first-order valence-corrected chi connectivity index (χ1v) is 8.66.